The van der Waals surface area contributed by atoms with Crippen molar-refractivity contribution < 1.29 is 9.18 Å². The third kappa shape index (κ3) is 2.16. The van der Waals surface area contributed by atoms with Crippen molar-refractivity contribution in [3.63, 3.8) is 0 Å². The van der Waals surface area contributed by atoms with Gasteiger partial charge in [-0.3, -0.25) is 9.78 Å². The van der Waals surface area contributed by atoms with Crippen LogP contribution in [-0.4, -0.2) is 10.8 Å². The fraction of sp³-hybridized carbons (Fsp3) is 0.455. The first-order valence-corrected chi connectivity index (χ1v) is 4.85. The lowest BCUT2D eigenvalue weighted by atomic mass is 9.95. The number of carbonyl (C=O) groups excluding carboxylic acids is 1. The standard InChI is InChI=1S/C11H14FNO/c1-3-8(4-2)11(14)10-9(12)6-5-7-13-10/h5-8H,3-4H2,1-2H3. The van der Waals surface area contributed by atoms with E-state index in [1.807, 2.05) is 13.8 Å². The molecule has 0 fully saturated rings. The number of hydrogen-bond acceptors (Lipinski definition) is 2. The van der Waals surface area contributed by atoms with Crippen LogP contribution in [0.25, 0.3) is 0 Å². The van der Waals surface area contributed by atoms with E-state index in [0.29, 0.717) is 0 Å². The maximum Gasteiger partial charge on any atom is 0.187 e. The first-order valence-electron chi connectivity index (χ1n) is 4.85. The third-order valence-electron chi connectivity index (χ3n) is 2.35. The Kier molecular flexibility index (Phi) is 3.74. The van der Waals surface area contributed by atoms with Gasteiger partial charge in [0.15, 0.2) is 11.6 Å². The number of hydrogen-bond donors (Lipinski definition) is 0. The molecular formula is C11H14FNO. The molecule has 0 N–H and O–H groups in total. The number of pyridine rings is 1. The smallest absolute Gasteiger partial charge is 0.187 e. The first kappa shape index (κ1) is 10.8. The van der Waals surface area contributed by atoms with Crippen LogP contribution in [0.4, 0.5) is 4.39 Å². The van der Waals surface area contributed by atoms with Crippen molar-refractivity contribution >= 4 is 5.78 Å². The first-order chi connectivity index (χ1) is 6.70. The number of ketones is 1. The highest BCUT2D eigenvalue weighted by atomic mass is 19.1. The van der Waals surface area contributed by atoms with E-state index in [-0.39, 0.29) is 17.4 Å². The van der Waals surface area contributed by atoms with Crippen molar-refractivity contribution in [1.82, 2.24) is 4.98 Å². The molecule has 1 heterocycles. The Balaban J connectivity index is 2.94. The van der Waals surface area contributed by atoms with Crippen LogP contribution < -0.4 is 0 Å². The Hall–Kier alpha value is -1.25. The third-order valence-corrected chi connectivity index (χ3v) is 2.35. The van der Waals surface area contributed by atoms with Crippen LogP contribution in [-0.2, 0) is 0 Å². The summed E-state index contributed by atoms with van der Waals surface area (Å²) in [7, 11) is 0. The maximum absolute atomic E-state index is 13.2. The molecule has 0 radical (unpaired) electrons. The summed E-state index contributed by atoms with van der Waals surface area (Å²) >= 11 is 0. The topological polar surface area (TPSA) is 30.0 Å². The second kappa shape index (κ2) is 4.84. The SMILES string of the molecule is CCC(CC)C(=O)c1ncccc1F. The molecule has 76 valence electrons. The van der Waals surface area contributed by atoms with E-state index in [1.54, 1.807) is 0 Å². The molecule has 0 amide bonds. The van der Waals surface area contributed by atoms with Crippen LogP contribution in [0, 0.1) is 11.7 Å². The Labute approximate surface area is 83.2 Å². The summed E-state index contributed by atoms with van der Waals surface area (Å²) in [4.78, 5) is 15.5. The molecule has 0 atom stereocenters. The predicted octanol–water partition coefficient (Wildman–Crippen LogP) is 2.84. The Bertz CT molecular complexity index is 321. The summed E-state index contributed by atoms with van der Waals surface area (Å²) in [6, 6.07) is 2.75. The van der Waals surface area contributed by atoms with Crippen LogP contribution >= 0.6 is 0 Å². The van der Waals surface area contributed by atoms with E-state index >= 15 is 0 Å². The molecule has 0 saturated heterocycles. The number of nitrogens with zero attached hydrogens (tertiary/aromatic N) is 1. The molecule has 0 aliphatic heterocycles. The number of halogens is 1. The van der Waals surface area contributed by atoms with Gasteiger partial charge in [-0.2, -0.15) is 0 Å². The Morgan fingerprint density at radius 1 is 1.50 bits per heavy atom. The van der Waals surface area contributed by atoms with Crippen LogP contribution in [0.15, 0.2) is 18.3 Å². The van der Waals surface area contributed by atoms with E-state index < -0.39 is 5.82 Å². The fourth-order valence-electron chi connectivity index (χ4n) is 1.42. The van der Waals surface area contributed by atoms with Crippen LogP contribution in [0.2, 0.25) is 0 Å². The van der Waals surface area contributed by atoms with Crippen molar-refractivity contribution in [3.05, 3.63) is 29.8 Å². The van der Waals surface area contributed by atoms with Gasteiger partial charge in [-0.1, -0.05) is 13.8 Å². The minimum atomic E-state index is -0.524. The zero-order chi connectivity index (χ0) is 10.6. The Morgan fingerprint density at radius 3 is 2.64 bits per heavy atom. The molecule has 0 bridgehead atoms. The van der Waals surface area contributed by atoms with E-state index in [1.165, 1.54) is 18.3 Å². The lowest BCUT2D eigenvalue weighted by Crippen LogP contribution is -2.16. The van der Waals surface area contributed by atoms with Gasteiger partial charge in [0.1, 0.15) is 5.69 Å². The Morgan fingerprint density at radius 2 is 2.14 bits per heavy atom. The number of Topliss-reactive ketones (excluding diaryl/α,β-unsaturated/α-hetero) is 1. The van der Waals surface area contributed by atoms with Gasteiger partial charge in [-0.25, -0.2) is 4.39 Å². The van der Waals surface area contributed by atoms with E-state index in [0.717, 1.165) is 12.8 Å². The highest BCUT2D eigenvalue weighted by Crippen LogP contribution is 2.15. The average molecular weight is 195 g/mol. The van der Waals surface area contributed by atoms with Crippen LogP contribution in [0.3, 0.4) is 0 Å². The average Bonchev–Trinajstić information content (AvgIpc) is 2.20. The van der Waals surface area contributed by atoms with Gasteiger partial charge in [0.25, 0.3) is 0 Å². The summed E-state index contributed by atoms with van der Waals surface area (Å²) in [5, 5.41) is 0. The quantitative estimate of drug-likeness (QED) is 0.691. The summed E-state index contributed by atoms with van der Waals surface area (Å²) < 4.78 is 13.2. The molecular weight excluding hydrogens is 181 g/mol. The van der Waals surface area contributed by atoms with Crippen molar-refractivity contribution in [2.45, 2.75) is 26.7 Å². The summed E-state index contributed by atoms with van der Waals surface area (Å²) in [5.74, 6) is -0.822. The molecule has 3 heteroatoms. The van der Waals surface area contributed by atoms with Gasteiger partial charge in [0.05, 0.1) is 0 Å². The minimum absolute atomic E-state index is 0.0267. The molecule has 1 aromatic heterocycles. The fourth-order valence-corrected chi connectivity index (χ4v) is 1.42. The summed E-state index contributed by atoms with van der Waals surface area (Å²) in [6.07, 6.45) is 2.90. The number of rotatable bonds is 4. The van der Waals surface area contributed by atoms with Gasteiger partial charge in [0, 0.05) is 12.1 Å². The van der Waals surface area contributed by atoms with Crippen molar-refractivity contribution in [1.29, 1.82) is 0 Å². The molecule has 1 rings (SSSR count). The van der Waals surface area contributed by atoms with Gasteiger partial charge < -0.3 is 0 Å². The maximum atomic E-state index is 13.2. The number of carbonyl (C=O) groups is 1. The molecule has 0 saturated carbocycles. The van der Waals surface area contributed by atoms with Gasteiger partial charge in [-0.05, 0) is 25.0 Å². The lowest BCUT2D eigenvalue weighted by Gasteiger charge is -2.10. The van der Waals surface area contributed by atoms with E-state index in [4.69, 9.17) is 0 Å². The van der Waals surface area contributed by atoms with E-state index in [2.05, 4.69) is 4.98 Å². The van der Waals surface area contributed by atoms with Crippen molar-refractivity contribution in [2.24, 2.45) is 5.92 Å². The molecule has 2 nitrogen and oxygen atoms in total. The van der Waals surface area contributed by atoms with Crippen molar-refractivity contribution in [2.75, 3.05) is 0 Å². The molecule has 0 aliphatic carbocycles. The largest absolute Gasteiger partial charge is 0.292 e. The van der Waals surface area contributed by atoms with Crippen LogP contribution in [0.1, 0.15) is 37.2 Å². The second-order valence-electron chi connectivity index (χ2n) is 3.21. The molecule has 0 aliphatic rings. The van der Waals surface area contributed by atoms with Crippen molar-refractivity contribution in [3.8, 4) is 0 Å². The number of aromatic nitrogens is 1. The lowest BCUT2D eigenvalue weighted by molar-refractivity contribution is 0.0903. The normalized spacial score (nSPS) is 10.6. The molecule has 0 spiro atoms. The summed E-state index contributed by atoms with van der Waals surface area (Å²) in [5.41, 5.74) is -0.0267. The summed E-state index contributed by atoms with van der Waals surface area (Å²) in [6.45, 7) is 3.85. The van der Waals surface area contributed by atoms with Gasteiger partial charge in [0.2, 0.25) is 0 Å². The molecule has 0 unspecified atom stereocenters. The highest BCUT2D eigenvalue weighted by molar-refractivity contribution is 5.96. The zero-order valence-corrected chi connectivity index (χ0v) is 8.46. The van der Waals surface area contributed by atoms with Gasteiger partial charge >= 0.3 is 0 Å². The molecule has 1 aromatic rings. The molecule has 14 heavy (non-hydrogen) atoms. The second-order valence-corrected chi connectivity index (χ2v) is 3.21. The minimum Gasteiger partial charge on any atom is -0.292 e. The zero-order valence-electron chi connectivity index (χ0n) is 8.46. The monoisotopic (exact) mass is 195 g/mol. The van der Waals surface area contributed by atoms with E-state index in [9.17, 15) is 9.18 Å². The highest BCUT2D eigenvalue weighted by Gasteiger charge is 2.20. The molecule has 0 aromatic carbocycles. The van der Waals surface area contributed by atoms with Crippen LogP contribution in [0.5, 0.6) is 0 Å². The van der Waals surface area contributed by atoms with Gasteiger partial charge in [-0.15, -0.1) is 0 Å². The predicted molar refractivity (Wildman–Crippen MR) is 52.6 cm³/mol.